The predicted molar refractivity (Wildman–Crippen MR) is 154 cm³/mol. The zero-order chi connectivity index (χ0) is 26.3. The summed E-state index contributed by atoms with van der Waals surface area (Å²) >= 11 is 0. The number of benzene rings is 1. The summed E-state index contributed by atoms with van der Waals surface area (Å²) in [5, 5.41) is 7.58. The molecule has 7 nitrogen and oxygen atoms in total. The maximum absolute atomic E-state index is 12.6. The Labute approximate surface area is 223 Å². The number of fused-ring (bicyclic) bond motifs is 1. The molecule has 0 bridgehead atoms. The molecule has 202 valence electrons. The fraction of sp³-hybridized carbons (Fsp3) is 0.600. The van der Waals surface area contributed by atoms with Crippen LogP contribution in [0.25, 0.3) is 0 Å². The lowest BCUT2D eigenvalue weighted by Gasteiger charge is -2.39. The molecular weight excluding hydrogens is 460 g/mol. The van der Waals surface area contributed by atoms with Crippen LogP contribution in [0, 0.1) is 0 Å². The lowest BCUT2D eigenvalue weighted by molar-refractivity contribution is -0.137. The van der Waals surface area contributed by atoms with Crippen LogP contribution in [0.4, 0.5) is 5.69 Å². The Morgan fingerprint density at radius 2 is 1.81 bits per heavy atom. The minimum absolute atomic E-state index is 0.00677. The first-order valence-electron chi connectivity index (χ1n) is 14.2. The molecular formula is C30H46N6O. The SMILES string of the molecule is CC/C=C/N=CC=C(Nc1ccc2c(c1)CCC(NC1CCCC1)C2)N1CCN(C(=O)C(C)(C)N)CC1. The first-order valence-corrected chi connectivity index (χ1v) is 14.2. The topological polar surface area (TPSA) is 86.0 Å². The van der Waals surface area contributed by atoms with Gasteiger partial charge in [0.1, 0.15) is 5.82 Å². The molecule has 37 heavy (non-hydrogen) atoms. The standard InChI is InChI=1S/C30H46N6O/c1-4-5-15-32-16-14-28(35-17-19-36(20-18-35)29(37)30(2,3)31)34-27-13-11-23-21-26(12-10-24(23)22-27)33-25-8-6-7-9-25/h5,11,13-16,22,25-26,33-34H,4,6-10,12,17-21,31H2,1-3H3/b15-5+,28-14?,32-16?. The minimum atomic E-state index is -0.841. The fourth-order valence-corrected chi connectivity index (χ4v) is 5.66. The van der Waals surface area contributed by atoms with Crippen molar-refractivity contribution in [3.05, 3.63) is 53.5 Å². The molecule has 2 fully saturated rings. The second-order valence-corrected chi connectivity index (χ2v) is 11.3. The van der Waals surface area contributed by atoms with Gasteiger partial charge in [0, 0.05) is 56.4 Å². The molecule has 1 saturated heterocycles. The van der Waals surface area contributed by atoms with E-state index in [0.29, 0.717) is 19.1 Å². The highest BCUT2D eigenvalue weighted by Crippen LogP contribution is 2.28. The Morgan fingerprint density at radius 3 is 2.51 bits per heavy atom. The van der Waals surface area contributed by atoms with E-state index in [9.17, 15) is 4.79 Å². The molecule has 1 aromatic carbocycles. The van der Waals surface area contributed by atoms with Crippen molar-refractivity contribution >= 4 is 17.8 Å². The third-order valence-corrected chi connectivity index (χ3v) is 7.74. The molecule has 4 rings (SSSR count). The molecule has 0 radical (unpaired) electrons. The fourth-order valence-electron chi connectivity index (χ4n) is 5.66. The molecule has 3 aliphatic rings. The summed E-state index contributed by atoms with van der Waals surface area (Å²) in [6.07, 6.45) is 17.6. The van der Waals surface area contributed by atoms with Gasteiger partial charge < -0.3 is 26.2 Å². The molecule has 1 aromatic rings. The van der Waals surface area contributed by atoms with Gasteiger partial charge in [-0.15, -0.1) is 0 Å². The van der Waals surface area contributed by atoms with Crippen LogP contribution in [0.1, 0.15) is 70.4 Å². The summed E-state index contributed by atoms with van der Waals surface area (Å²) in [7, 11) is 0. The molecule has 1 amide bonds. The maximum Gasteiger partial charge on any atom is 0.242 e. The monoisotopic (exact) mass is 506 g/mol. The summed E-state index contributed by atoms with van der Waals surface area (Å²) in [4.78, 5) is 21.2. The van der Waals surface area contributed by atoms with Crippen molar-refractivity contribution in [2.75, 3.05) is 31.5 Å². The van der Waals surface area contributed by atoms with E-state index in [1.807, 2.05) is 29.5 Å². The van der Waals surface area contributed by atoms with E-state index < -0.39 is 5.54 Å². The van der Waals surface area contributed by atoms with Crippen molar-refractivity contribution in [2.45, 2.75) is 89.8 Å². The van der Waals surface area contributed by atoms with Crippen LogP contribution in [0.3, 0.4) is 0 Å². The smallest absolute Gasteiger partial charge is 0.242 e. The quantitative estimate of drug-likeness (QED) is 0.437. The molecule has 0 aromatic heterocycles. The van der Waals surface area contributed by atoms with Crippen LogP contribution >= 0.6 is 0 Å². The lowest BCUT2D eigenvalue weighted by Crippen LogP contribution is -2.57. The van der Waals surface area contributed by atoms with E-state index in [4.69, 9.17) is 5.73 Å². The van der Waals surface area contributed by atoms with Gasteiger partial charge in [0.25, 0.3) is 0 Å². The second-order valence-electron chi connectivity index (χ2n) is 11.3. The largest absolute Gasteiger partial charge is 0.355 e. The van der Waals surface area contributed by atoms with Gasteiger partial charge in [0.2, 0.25) is 5.91 Å². The van der Waals surface area contributed by atoms with E-state index in [1.165, 1.54) is 43.2 Å². The van der Waals surface area contributed by atoms with Gasteiger partial charge in [-0.2, -0.15) is 0 Å². The van der Waals surface area contributed by atoms with E-state index >= 15 is 0 Å². The Kier molecular flexibility index (Phi) is 9.43. The van der Waals surface area contributed by atoms with Gasteiger partial charge in [-0.1, -0.05) is 31.9 Å². The van der Waals surface area contributed by atoms with Gasteiger partial charge in [-0.05, 0) is 81.7 Å². The van der Waals surface area contributed by atoms with Gasteiger partial charge in [0.05, 0.1) is 5.54 Å². The molecule has 4 N–H and O–H groups in total. The van der Waals surface area contributed by atoms with Crippen molar-refractivity contribution in [3.63, 3.8) is 0 Å². The highest BCUT2D eigenvalue weighted by Gasteiger charge is 2.31. The van der Waals surface area contributed by atoms with E-state index in [1.54, 1.807) is 13.8 Å². The number of nitrogens with zero attached hydrogens (tertiary/aromatic N) is 3. The number of anilines is 1. The summed E-state index contributed by atoms with van der Waals surface area (Å²) in [5.41, 5.74) is 9.25. The number of allylic oxidation sites excluding steroid dienone is 2. The number of aryl methyl sites for hydroxylation is 1. The van der Waals surface area contributed by atoms with Crippen molar-refractivity contribution in [1.29, 1.82) is 0 Å². The highest BCUT2D eigenvalue weighted by atomic mass is 16.2. The number of nitrogens with one attached hydrogen (secondary N) is 2. The molecule has 1 atom stereocenters. The summed E-state index contributed by atoms with van der Waals surface area (Å²) in [6, 6.07) is 8.15. The second kappa shape index (κ2) is 12.7. The van der Waals surface area contributed by atoms with E-state index in [0.717, 1.165) is 49.9 Å². The molecule has 1 heterocycles. The van der Waals surface area contributed by atoms with Gasteiger partial charge in [-0.25, -0.2) is 0 Å². The Bertz CT molecular complexity index is 994. The zero-order valence-electron chi connectivity index (χ0n) is 23.0. The van der Waals surface area contributed by atoms with Crippen molar-refractivity contribution in [3.8, 4) is 0 Å². The Morgan fingerprint density at radius 1 is 1.08 bits per heavy atom. The lowest BCUT2D eigenvalue weighted by atomic mass is 9.87. The molecule has 0 spiro atoms. The highest BCUT2D eigenvalue weighted by molar-refractivity contribution is 5.85. The first kappa shape index (κ1) is 27.4. The molecule has 1 saturated carbocycles. The number of hydrogen-bond acceptors (Lipinski definition) is 6. The Balaban J connectivity index is 1.42. The average molecular weight is 507 g/mol. The van der Waals surface area contributed by atoms with Crippen molar-refractivity contribution < 1.29 is 4.79 Å². The van der Waals surface area contributed by atoms with Gasteiger partial charge >= 0.3 is 0 Å². The molecule has 2 aliphatic carbocycles. The number of piperazine rings is 1. The molecule has 1 aliphatic heterocycles. The summed E-state index contributed by atoms with van der Waals surface area (Å²) < 4.78 is 0. The number of aliphatic imine (C=N–C) groups is 1. The first-order chi connectivity index (χ1) is 17.8. The summed E-state index contributed by atoms with van der Waals surface area (Å²) in [5.74, 6) is 1.01. The molecule has 1 unspecified atom stereocenters. The van der Waals surface area contributed by atoms with E-state index in [2.05, 4.69) is 45.6 Å². The maximum atomic E-state index is 12.6. The number of carbonyl (C=O) groups is 1. The Hall–Kier alpha value is -2.64. The third kappa shape index (κ3) is 7.68. The zero-order valence-corrected chi connectivity index (χ0v) is 23.0. The number of carbonyl (C=O) groups excluding carboxylic acids is 1. The van der Waals surface area contributed by atoms with Crippen molar-refractivity contribution in [2.24, 2.45) is 10.7 Å². The van der Waals surface area contributed by atoms with Crippen LogP contribution in [-0.4, -0.2) is 65.7 Å². The van der Waals surface area contributed by atoms with Gasteiger partial charge in [-0.3, -0.25) is 9.79 Å². The third-order valence-electron chi connectivity index (χ3n) is 7.74. The van der Waals surface area contributed by atoms with Gasteiger partial charge in [0.15, 0.2) is 0 Å². The number of rotatable bonds is 9. The normalized spacial score (nSPS) is 21.7. The van der Waals surface area contributed by atoms with Crippen LogP contribution in [-0.2, 0) is 17.6 Å². The van der Waals surface area contributed by atoms with E-state index in [-0.39, 0.29) is 5.91 Å². The summed E-state index contributed by atoms with van der Waals surface area (Å²) in [6.45, 7) is 8.46. The number of hydrogen-bond donors (Lipinski definition) is 3. The average Bonchev–Trinajstić information content (AvgIpc) is 3.40. The molecule has 7 heteroatoms. The minimum Gasteiger partial charge on any atom is -0.355 e. The number of amides is 1. The van der Waals surface area contributed by atoms with Crippen LogP contribution in [0.2, 0.25) is 0 Å². The predicted octanol–water partition coefficient (Wildman–Crippen LogP) is 4.21. The number of nitrogens with two attached hydrogens (primary N) is 1. The van der Waals surface area contributed by atoms with Crippen molar-refractivity contribution in [1.82, 2.24) is 15.1 Å². The van der Waals surface area contributed by atoms with Crippen LogP contribution < -0.4 is 16.4 Å². The van der Waals surface area contributed by atoms with Crippen LogP contribution in [0.5, 0.6) is 0 Å². The van der Waals surface area contributed by atoms with Crippen LogP contribution in [0.15, 0.2) is 47.4 Å².